The highest BCUT2D eigenvalue weighted by atomic mass is 32.2. The average molecular weight is 383 g/mol. The number of imidazole rings is 1. The second kappa shape index (κ2) is 8.64. The molecule has 0 saturated heterocycles. The Kier molecular flexibility index (Phi) is 6.03. The van der Waals surface area contributed by atoms with Crippen LogP contribution in [-0.4, -0.2) is 27.0 Å². The van der Waals surface area contributed by atoms with E-state index in [-0.39, 0.29) is 23.3 Å². The van der Waals surface area contributed by atoms with E-state index in [1.807, 2.05) is 10.8 Å². The summed E-state index contributed by atoms with van der Waals surface area (Å²) in [5.41, 5.74) is 2.19. The number of nitrogens with zero attached hydrogens (tertiary/aromatic N) is 2. The normalized spacial score (nSPS) is 10.6. The van der Waals surface area contributed by atoms with Gasteiger partial charge >= 0.3 is 0 Å². The minimum absolute atomic E-state index is 0.0172. The number of thioether (sulfide) groups is 1. The van der Waals surface area contributed by atoms with Gasteiger partial charge in [0.1, 0.15) is 5.82 Å². The number of ketones is 1. The van der Waals surface area contributed by atoms with Crippen molar-refractivity contribution >= 4 is 29.1 Å². The first-order valence-electron chi connectivity index (χ1n) is 8.30. The summed E-state index contributed by atoms with van der Waals surface area (Å²) < 4.78 is 14.9. The van der Waals surface area contributed by atoms with E-state index in [4.69, 9.17) is 0 Å². The van der Waals surface area contributed by atoms with Gasteiger partial charge in [-0.25, -0.2) is 9.37 Å². The fourth-order valence-corrected chi connectivity index (χ4v) is 3.22. The highest BCUT2D eigenvalue weighted by Crippen LogP contribution is 2.18. The van der Waals surface area contributed by atoms with E-state index in [0.717, 1.165) is 5.56 Å². The number of carbonyl (C=O) groups is 2. The van der Waals surface area contributed by atoms with Crippen LogP contribution < -0.4 is 5.32 Å². The lowest BCUT2D eigenvalue weighted by Gasteiger charge is -2.08. The Morgan fingerprint density at radius 1 is 1.11 bits per heavy atom. The number of Topliss-reactive ketones (excluding diaryl/α,β-unsaturated/α-hetero) is 1. The summed E-state index contributed by atoms with van der Waals surface area (Å²) in [7, 11) is 0. The lowest BCUT2D eigenvalue weighted by Crippen LogP contribution is -2.14. The zero-order valence-electron chi connectivity index (χ0n) is 14.7. The van der Waals surface area contributed by atoms with Gasteiger partial charge in [0.2, 0.25) is 5.91 Å². The number of aromatic nitrogens is 2. The van der Waals surface area contributed by atoms with Crippen molar-refractivity contribution in [2.24, 2.45) is 0 Å². The Labute approximate surface area is 160 Å². The van der Waals surface area contributed by atoms with Crippen molar-refractivity contribution in [1.82, 2.24) is 9.55 Å². The molecular formula is C20H18FN3O2S. The molecule has 0 aliphatic heterocycles. The van der Waals surface area contributed by atoms with Gasteiger partial charge in [0.25, 0.3) is 0 Å². The summed E-state index contributed by atoms with van der Waals surface area (Å²) in [4.78, 5) is 27.7. The molecule has 3 aromatic rings. The molecule has 1 aromatic heterocycles. The van der Waals surface area contributed by atoms with Crippen LogP contribution in [-0.2, 0) is 11.3 Å². The lowest BCUT2D eigenvalue weighted by atomic mass is 10.1. The van der Waals surface area contributed by atoms with Gasteiger partial charge in [0, 0.05) is 30.2 Å². The maximum Gasteiger partial charge on any atom is 0.234 e. The van der Waals surface area contributed by atoms with E-state index in [2.05, 4.69) is 10.3 Å². The van der Waals surface area contributed by atoms with Crippen LogP contribution >= 0.6 is 11.8 Å². The van der Waals surface area contributed by atoms with Crippen LogP contribution in [0.4, 0.5) is 10.1 Å². The van der Waals surface area contributed by atoms with Crippen molar-refractivity contribution in [1.29, 1.82) is 0 Å². The van der Waals surface area contributed by atoms with Gasteiger partial charge in [-0.3, -0.25) is 9.59 Å². The Morgan fingerprint density at radius 2 is 1.81 bits per heavy atom. The summed E-state index contributed by atoms with van der Waals surface area (Å²) in [6, 6.07) is 13.1. The molecule has 3 rings (SSSR count). The molecule has 0 spiro atoms. The SMILES string of the molecule is CC(=O)c1ccc(NC(=O)CSc2nccn2Cc2ccc(F)cc2)cc1. The summed E-state index contributed by atoms with van der Waals surface area (Å²) in [5, 5.41) is 3.51. The van der Waals surface area contributed by atoms with Crippen molar-refractivity contribution in [3.8, 4) is 0 Å². The predicted octanol–water partition coefficient (Wildman–Crippen LogP) is 4.00. The van der Waals surface area contributed by atoms with Gasteiger partial charge in [-0.2, -0.15) is 0 Å². The minimum atomic E-state index is -0.271. The Balaban J connectivity index is 1.55. The molecule has 0 aliphatic carbocycles. The van der Waals surface area contributed by atoms with Crippen LogP contribution in [0.5, 0.6) is 0 Å². The van der Waals surface area contributed by atoms with Crippen LogP contribution in [0.25, 0.3) is 0 Å². The average Bonchev–Trinajstić information content (AvgIpc) is 3.09. The van der Waals surface area contributed by atoms with Crippen molar-refractivity contribution in [3.05, 3.63) is 77.9 Å². The number of hydrogen-bond donors (Lipinski definition) is 1. The van der Waals surface area contributed by atoms with Crippen molar-refractivity contribution in [3.63, 3.8) is 0 Å². The molecule has 0 aliphatic rings. The summed E-state index contributed by atoms with van der Waals surface area (Å²) >= 11 is 1.32. The fraction of sp³-hybridized carbons (Fsp3) is 0.150. The number of carbonyl (C=O) groups excluding carboxylic acids is 2. The monoisotopic (exact) mass is 383 g/mol. The molecule has 138 valence electrons. The second-order valence-corrected chi connectivity index (χ2v) is 6.88. The molecule has 1 N–H and O–H groups in total. The van der Waals surface area contributed by atoms with E-state index in [0.29, 0.717) is 23.0 Å². The number of anilines is 1. The molecule has 0 bridgehead atoms. The number of nitrogens with one attached hydrogen (secondary N) is 1. The van der Waals surface area contributed by atoms with Crippen LogP contribution in [0.2, 0.25) is 0 Å². The van der Waals surface area contributed by atoms with Crippen LogP contribution in [0, 0.1) is 5.82 Å². The van der Waals surface area contributed by atoms with Crippen LogP contribution in [0.3, 0.4) is 0 Å². The standard InChI is InChI=1S/C20H18FN3O2S/c1-14(25)16-4-8-18(9-5-16)23-19(26)13-27-20-22-10-11-24(20)12-15-2-6-17(21)7-3-15/h2-11H,12-13H2,1H3,(H,23,26). The summed E-state index contributed by atoms with van der Waals surface area (Å²) in [6.07, 6.45) is 3.49. The third kappa shape index (κ3) is 5.27. The number of hydrogen-bond acceptors (Lipinski definition) is 4. The summed E-state index contributed by atoms with van der Waals surface area (Å²) in [6.45, 7) is 2.05. The topological polar surface area (TPSA) is 64.0 Å². The van der Waals surface area contributed by atoms with E-state index in [9.17, 15) is 14.0 Å². The first-order chi connectivity index (χ1) is 13.0. The Hall–Kier alpha value is -2.93. The van der Waals surface area contributed by atoms with Crippen molar-refractivity contribution in [2.75, 3.05) is 11.1 Å². The zero-order valence-corrected chi connectivity index (χ0v) is 15.5. The lowest BCUT2D eigenvalue weighted by molar-refractivity contribution is -0.113. The van der Waals surface area contributed by atoms with Gasteiger partial charge in [-0.15, -0.1) is 0 Å². The first kappa shape index (κ1) is 18.8. The van der Waals surface area contributed by atoms with Crippen molar-refractivity contribution in [2.45, 2.75) is 18.6 Å². The Bertz CT molecular complexity index is 937. The molecule has 1 heterocycles. The van der Waals surface area contributed by atoms with Gasteiger partial charge in [-0.05, 0) is 48.9 Å². The third-order valence-electron chi connectivity index (χ3n) is 3.85. The smallest absolute Gasteiger partial charge is 0.234 e. The second-order valence-electron chi connectivity index (χ2n) is 5.93. The van der Waals surface area contributed by atoms with E-state index in [1.165, 1.54) is 30.8 Å². The number of benzene rings is 2. The highest BCUT2D eigenvalue weighted by Gasteiger charge is 2.09. The number of rotatable bonds is 7. The molecule has 5 nitrogen and oxygen atoms in total. The van der Waals surface area contributed by atoms with Crippen LogP contribution in [0.1, 0.15) is 22.8 Å². The molecule has 0 radical (unpaired) electrons. The van der Waals surface area contributed by atoms with E-state index >= 15 is 0 Å². The van der Waals surface area contributed by atoms with Crippen LogP contribution in [0.15, 0.2) is 66.1 Å². The predicted molar refractivity (Wildman–Crippen MR) is 104 cm³/mol. The number of halogens is 1. The molecular weight excluding hydrogens is 365 g/mol. The molecule has 7 heteroatoms. The first-order valence-corrected chi connectivity index (χ1v) is 9.29. The maximum atomic E-state index is 13.0. The molecule has 27 heavy (non-hydrogen) atoms. The maximum absolute atomic E-state index is 13.0. The zero-order chi connectivity index (χ0) is 19.2. The molecule has 0 unspecified atom stereocenters. The third-order valence-corrected chi connectivity index (χ3v) is 4.86. The molecule has 0 atom stereocenters. The number of amides is 1. The van der Waals surface area contributed by atoms with Gasteiger partial charge in [0.15, 0.2) is 10.9 Å². The van der Waals surface area contributed by atoms with Gasteiger partial charge in [0.05, 0.1) is 5.75 Å². The molecule has 0 saturated carbocycles. The quantitative estimate of drug-likeness (QED) is 0.495. The van der Waals surface area contributed by atoms with Gasteiger partial charge < -0.3 is 9.88 Å². The molecule has 0 fully saturated rings. The van der Waals surface area contributed by atoms with Crippen molar-refractivity contribution < 1.29 is 14.0 Å². The molecule has 2 aromatic carbocycles. The molecule has 1 amide bonds. The van der Waals surface area contributed by atoms with Gasteiger partial charge in [-0.1, -0.05) is 23.9 Å². The minimum Gasteiger partial charge on any atom is -0.325 e. The van der Waals surface area contributed by atoms with E-state index < -0.39 is 0 Å². The Morgan fingerprint density at radius 3 is 2.48 bits per heavy atom. The largest absolute Gasteiger partial charge is 0.325 e. The highest BCUT2D eigenvalue weighted by molar-refractivity contribution is 7.99. The fourth-order valence-electron chi connectivity index (χ4n) is 2.46. The van der Waals surface area contributed by atoms with E-state index in [1.54, 1.807) is 42.6 Å². The summed E-state index contributed by atoms with van der Waals surface area (Å²) in [5.74, 6) is -0.246.